The number of pyridine rings is 1. The van der Waals surface area contributed by atoms with Crippen LogP contribution in [0.3, 0.4) is 0 Å². The average molecular weight is 339 g/mol. The topological polar surface area (TPSA) is 43.8 Å². The van der Waals surface area contributed by atoms with Crippen LogP contribution >= 0.6 is 11.6 Å². The van der Waals surface area contributed by atoms with E-state index in [2.05, 4.69) is 9.88 Å². The summed E-state index contributed by atoms with van der Waals surface area (Å²) < 4.78 is 17.4. The molecule has 0 unspecified atom stereocenters. The zero-order valence-corrected chi connectivity index (χ0v) is 14.0. The number of rotatable bonds is 4. The predicted molar refractivity (Wildman–Crippen MR) is 86.9 cm³/mol. The molecule has 3 saturated heterocycles. The number of fused-ring (bicyclic) bond motifs is 1. The molecule has 0 N–H and O–H groups in total. The van der Waals surface area contributed by atoms with Crippen LogP contribution in [-0.4, -0.2) is 61.5 Å². The van der Waals surface area contributed by atoms with Crippen molar-refractivity contribution < 1.29 is 14.2 Å². The Labute approximate surface area is 141 Å². The summed E-state index contributed by atoms with van der Waals surface area (Å²) in [6.45, 7) is 5.44. The van der Waals surface area contributed by atoms with E-state index in [0.29, 0.717) is 35.6 Å². The molecule has 3 fully saturated rings. The van der Waals surface area contributed by atoms with Gasteiger partial charge in [0, 0.05) is 56.4 Å². The van der Waals surface area contributed by atoms with Crippen molar-refractivity contribution >= 4 is 11.6 Å². The highest BCUT2D eigenvalue weighted by molar-refractivity contribution is 6.30. The molecular weight excluding hydrogens is 316 g/mol. The molecule has 3 atom stereocenters. The van der Waals surface area contributed by atoms with Crippen molar-refractivity contribution in [1.82, 2.24) is 9.88 Å². The van der Waals surface area contributed by atoms with Gasteiger partial charge in [-0.05, 0) is 12.8 Å². The first-order valence-corrected chi connectivity index (χ1v) is 8.84. The molecule has 0 bridgehead atoms. The van der Waals surface area contributed by atoms with Crippen LogP contribution in [0.2, 0.25) is 5.02 Å². The summed E-state index contributed by atoms with van der Waals surface area (Å²) in [6.07, 6.45) is 5.99. The van der Waals surface area contributed by atoms with Crippen molar-refractivity contribution in [2.45, 2.75) is 25.0 Å². The van der Waals surface area contributed by atoms with Crippen LogP contribution in [0.15, 0.2) is 18.5 Å². The van der Waals surface area contributed by atoms with Crippen molar-refractivity contribution in [3.8, 4) is 5.75 Å². The van der Waals surface area contributed by atoms with E-state index >= 15 is 0 Å². The van der Waals surface area contributed by atoms with Gasteiger partial charge >= 0.3 is 0 Å². The molecule has 0 aromatic carbocycles. The molecule has 4 rings (SSSR count). The van der Waals surface area contributed by atoms with E-state index < -0.39 is 0 Å². The molecule has 0 radical (unpaired) electrons. The Hall–Kier alpha value is -0.880. The smallest absolute Gasteiger partial charge is 0.139 e. The number of nitrogens with zero attached hydrogens (tertiary/aromatic N) is 2. The minimum absolute atomic E-state index is 0.365. The average Bonchev–Trinajstić information content (AvgIpc) is 3.15. The Morgan fingerprint density at radius 1 is 1.26 bits per heavy atom. The van der Waals surface area contributed by atoms with E-state index in [9.17, 15) is 0 Å². The number of hydrogen-bond donors (Lipinski definition) is 0. The van der Waals surface area contributed by atoms with E-state index in [-0.39, 0.29) is 0 Å². The van der Waals surface area contributed by atoms with E-state index in [0.717, 1.165) is 51.5 Å². The Kier molecular flexibility index (Phi) is 4.71. The van der Waals surface area contributed by atoms with E-state index in [1.807, 2.05) is 6.07 Å². The van der Waals surface area contributed by atoms with Gasteiger partial charge in [0.15, 0.2) is 0 Å². The van der Waals surface area contributed by atoms with E-state index in [4.69, 9.17) is 25.8 Å². The minimum Gasteiger partial charge on any atom is -0.492 e. The van der Waals surface area contributed by atoms with Crippen LogP contribution in [0.4, 0.5) is 0 Å². The second-order valence-electron chi connectivity index (χ2n) is 6.74. The minimum atomic E-state index is 0.365. The third-order valence-corrected chi connectivity index (χ3v) is 5.52. The summed E-state index contributed by atoms with van der Waals surface area (Å²) in [5.41, 5.74) is 0. The van der Waals surface area contributed by atoms with Crippen LogP contribution < -0.4 is 4.74 Å². The van der Waals surface area contributed by atoms with Crippen molar-refractivity contribution in [3.05, 3.63) is 23.5 Å². The molecule has 126 valence electrons. The molecule has 4 heterocycles. The summed E-state index contributed by atoms with van der Waals surface area (Å²) in [4.78, 5) is 6.66. The summed E-state index contributed by atoms with van der Waals surface area (Å²) in [7, 11) is 0. The Morgan fingerprint density at radius 2 is 2.13 bits per heavy atom. The van der Waals surface area contributed by atoms with Gasteiger partial charge in [-0.2, -0.15) is 0 Å². The first-order valence-electron chi connectivity index (χ1n) is 8.46. The lowest BCUT2D eigenvalue weighted by molar-refractivity contribution is 0.0270. The van der Waals surface area contributed by atoms with E-state index in [1.165, 1.54) is 0 Å². The molecule has 0 saturated carbocycles. The van der Waals surface area contributed by atoms with Gasteiger partial charge in [-0.1, -0.05) is 11.6 Å². The maximum Gasteiger partial charge on any atom is 0.139 e. The van der Waals surface area contributed by atoms with Crippen LogP contribution in [0.25, 0.3) is 0 Å². The van der Waals surface area contributed by atoms with Crippen molar-refractivity contribution in [1.29, 1.82) is 0 Å². The first-order chi connectivity index (χ1) is 11.3. The number of aromatic nitrogens is 1. The zero-order chi connectivity index (χ0) is 15.6. The highest BCUT2D eigenvalue weighted by atomic mass is 35.5. The fraction of sp³-hybridized carbons (Fsp3) is 0.706. The Morgan fingerprint density at radius 3 is 2.96 bits per heavy atom. The van der Waals surface area contributed by atoms with Crippen LogP contribution in [-0.2, 0) is 9.47 Å². The van der Waals surface area contributed by atoms with Gasteiger partial charge < -0.3 is 14.2 Å². The maximum atomic E-state index is 6.03. The quantitative estimate of drug-likeness (QED) is 0.842. The molecular formula is C17H23ClN2O3. The summed E-state index contributed by atoms with van der Waals surface area (Å²) in [6, 6.07) is 2.47. The lowest BCUT2D eigenvalue weighted by Crippen LogP contribution is -2.39. The first kappa shape index (κ1) is 15.6. The summed E-state index contributed by atoms with van der Waals surface area (Å²) >= 11 is 5.95. The second-order valence-corrected chi connectivity index (χ2v) is 7.18. The molecule has 0 aliphatic carbocycles. The Balaban J connectivity index is 1.32. The third kappa shape index (κ3) is 3.48. The molecule has 1 aromatic rings. The second kappa shape index (κ2) is 6.93. The van der Waals surface area contributed by atoms with Crippen molar-refractivity contribution in [2.75, 3.05) is 39.5 Å². The van der Waals surface area contributed by atoms with Gasteiger partial charge in [-0.25, -0.2) is 0 Å². The van der Waals surface area contributed by atoms with Crippen molar-refractivity contribution in [3.63, 3.8) is 0 Å². The van der Waals surface area contributed by atoms with Gasteiger partial charge in [0.2, 0.25) is 0 Å². The van der Waals surface area contributed by atoms with Crippen LogP contribution in [0.1, 0.15) is 12.8 Å². The lowest BCUT2D eigenvalue weighted by atomic mass is 9.94. The van der Waals surface area contributed by atoms with Gasteiger partial charge in [0.05, 0.1) is 30.5 Å². The van der Waals surface area contributed by atoms with Crippen molar-refractivity contribution in [2.24, 2.45) is 11.8 Å². The standard InChI is InChI=1S/C17H23ClN2O3/c18-13-5-15(7-19-6-13)22-10-12-11-23-17-9-20(8-16(12)17)14-1-3-21-4-2-14/h5-7,12,14,16-17H,1-4,8-11H2/t12-,16+,17+/m0/s1. The number of ether oxygens (including phenoxy) is 3. The van der Waals surface area contributed by atoms with Gasteiger partial charge in [0.25, 0.3) is 0 Å². The number of hydrogen-bond acceptors (Lipinski definition) is 5. The predicted octanol–water partition coefficient (Wildman–Crippen LogP) is 2.24. The van der Waals surface area contributed by atoms with E-state index in [1.54, 1.807) is 12.4 Å². The normalized spacial score (nSPS) is 32.1. The molecule has 1 aromatic heterocycles. The molecule has 3 aliphatic rings. The number of halogens is 1. The highest BCUT2D eigenvalue weighted by Crippen LogP contribution is 2.36. The molecule has 3 aliphatic heterocycles. The molecule has 0 spiro atoms. The largest absolute Gasteiger partial charge is 0.492 e. The van der Waals surface area contributed by atoms with Gasteiger partial charge in [-0.15, -0.1) is 0 Å². The van der Waals surface area contributed by atoms with Crippen LogP contribution in [0.5, 0.6) is 5.75 Å². The zero-order valence-electron chi connectivity index (χ0n) is 13.2. The van der Waals surface area contributed by atoms with Gasteiger partial charge in [-0.3, -0.25) is 9.88 Å². The lowest BCUT2D eigenvalue weighted by Gasteiger charge is -2.31. The molecule has 0 amide bonds. The van der Waals surface area contributed by atoms with Crippen LogP contribution in [0, 0.1) is 11.8 Å². The Bertz CT molecular complexity index is 538. The molecule has 23 heavy (non-hydrogen) atoms. The molecule has 6 heteroatoms. The number of likely N-dealkylation sites (tertiary alicyclic amines) is 1. The third-order valence-electron chi connectivity index (χ3n) is 5.32. The SMILES string of the molecule is Clc1cncc(OC[C@H]2CO[C@@H]3CN(C4CCOCC4)C[C@H]23)c1. The van der Waals surface area contributed by atoms with Gasteiger partial charge in [0.1, 0.15) is 5.75 Å². The molecule has 5 nitrogen and oxygen atoms in total. The summed E-state index contributed by atoms with van der Waals surface area (Å²) in [5.74, 6) is 1.76. The fourth-order valence-electron chi connectivity index (χ4n) is 4.02. The maximum absolute atomic E-state index is 6.03. The monoisotopic (exact) mass is 338 g/mol. The summed E-state index contributed by atoms with van der Waals surface area (Å²) in [5, 5.41) is 0.606. The fourth-order valence-corrected chi connectivity index (χ4v) is 4.19. The highest BCUT2D eigenvalue weighted by Gasteiger charge is 2.45.